The van der Waals surface area contributed by atoms with Crippen LogP contribution in [-0.4, -0.2) is 32.1 Å². The van der Waals surface area contributed by atoms with E-state index in [2.05, 4.69) is 5.32 Å². The van der Waals surface area contributed by atoms with Gasteiger partial charge < -0.3 is 19.7 Å². The average molecular weight is 340 g/mol. The minimum Gasteiger partial charge on any atom is -0.465 e. The molecular formula is C18H16N2O5. The lowest BCUT2D eigenvalue weighted by molar-refractivity contribution is -0.139. The van der Waals surface area contributed by atoms with E-state index >= 15 is 0 Å². The summed E-state index contributed by atoms with van der Waals surface area (Å²) in [5, 5.41) is 2.75. The summed E-state index contributed by atoms with van der Waals surface area (Å²) in [6, 6.07) is 5.32. The number of anilines is 1. The number of amides is 1. The fraction of sp³-hybridized carbons (Fsp3) is 0.167. The van der Waals surface area contributed by atoms with Crippen LogP contribution in [0.5, 0.6) is 0 Å². The van der Waals surface area contributed by atoms with Crippen molar-refractivity contribution in [1.82, 2.24) is 5.32 Å². The lowest BCUT2D eigenvalue weighted by atomic mass is 10.1. The lowest BCUT2D eigenvalue weighted by Gasteiger charge is -2.24. The van der Waals surface area contributed by atoms with Crippen molar-refractivity contribution in [3.05, 3.63) is 65.0 Å². The van der Waals surface area contributed by atoms with Crippen LogP contribution in [0.15, 0.2) is 53.9 Å². The van der Waals surface area contributed by atoms with E-state index in [0.717, 1.165) is 5.56 Å². The first-order valence-corrected chi connectivity index (χ1v) is 7.53. The Labute approximate surface area is 144 Å². The molecule has 0 radical (unpaired) electrons. The van der Waals surface area contributed by atoms with Crippen LogP contribution in [0.4, 0.5) is 5.69 Å². The monoisotopic (exact) mass is 340 g/mol. The minimum absolute atomic E-state index is 0.0209. The second kappa shape index (κ2) is 6.64. The molecule has 2 aliphatic heterocycles. The van der Waals surface area contributed by atoms with Crippen molar-refractivity contribution in [2.24, 2.45) is 0 Å². The fourth-order valence-corrected chi connectivity index (χ4v) is 2.81. The molecule has 1 amide bonds. The number of carbonyl (C=O) groups is 3. The van der Waals surface area contributed by atoms with Crippen LogP contribution in [0.2, 0.25) is 0 Å². The Morgan fingerprint density at radius 2 is 1.88 bits per heavy atom. The maximum Gasteiger partial charge on any atom is 0.355 e. The number of fused-ring (bicyclic) bond motifs is 1. The molecule has 1 N–H and O–H groups in total. The summed E-state index contributed by atoms with van der Waals surface area (Å²) in [6.07, 6.45) is 6.33. The van der Waals surface area contributed by atoms with Gasteiger partial charge in [0.05, 0.1) is 31.0 Å². The average Bonchev–Trinajstić information content (AvgIpc) is 2.88. The number of nitrogens with one attached hydrogen (secondary N) is 1. The molecule has 0 aliphatic carbocycles. The summed E-state index contributed by atoms with van der Waals surface area (Å²) in [7, 11) is 2.46. The SMILES string of the molecule is COC(=O)C1=C(C(=O)OC)N(c2cccc3c2C(=O)NC3)C=CC=C1. The van der Waals surface area contributed by atoms with Gasteiger partial charge in [0.25, 0.3) is 5.91 Å². The third kappa shape index (κ3) is 2.80. The predicted octanol–water partition coefficient (Wildman–Crippen LogP) is 1.42. The van der Waals surface area contributed by atoms with Crippen LogP contribution < -0.4 is 10.2 Å². The number of allylic oxidation sites excluding steroid dienone is 2. The first-order chi connectivity index (χ1) is 12.1. The molecule has 0 atom stereocenters. The van der Waals surface area contributed by atoms with E-state index in [1.165, 1.54) is 25.2 Å². The van der Waals surface area contributed by atoms with E-state index in [4.69, 9.17) is 9.47 Å². The quantitative estimate of drug-likeness (QED) is 0.838. The Balaban J connectivity index is 2.24. The van der Waals surface area contributed by atoms with Crippen LogP contribution in [0, 0.1) is 0 Å². The van der Waals surface area contributed by atoms with E-state index in [9.17, 15) is 14.4 Å². The van der Waals surface area contributed by atoms with Gasteiger partial charge in [0, 0.05) is 12.7 Å². The van der Waals surface area contributed by atoms with Crippen molar-refractivity contribution in [3.63, 3.8) is 0 Å². The predicted molar refractivity (Wildman–Crippen MR) is 89.4 cm³/mol. The zero-order valence-corrected chi connectivity index (χ0v) is 13.7. The molecule has 3 rings (SSSR count). The molecule has 0 saturated carbocycles. The second-order valence-corrected chi connectivity index (χ2v) is 5.31. The van der Waals surface area contributed by atoms with E-state index in [1.54, 1.807) is 30.5 Å². The molecule has 25 heavy (non-hydrogen) atoms. The van der Waals surface area contributed by atoms with Crippen LogP contribution >= 0.6 is 0 Å². The van der Waals surface area contributed by atoms with E-state index < -0.39 is 11.9 Å². The maximum absolute atomic E-state index is 12.4. The number of benzene rings is 1. The molecule has 2 heterocycles. The van der Waals surface area contributed by atoms with Crippen LogP contribution in [0.1, 0.15) is 15.9 Å². The van der Waals surface area contributed by atoms with Crippen LogP contribution in [-0.2, 0) is 25.6 Å². The van der Waals surface area contributed by atoms with Gasteiger partial charge in [-0.25, -0.2) is 9.59 Å². The molecule has 1 aromatic rings. The normalized spacial score (nSPS) is 15.6. The lowest BCUT2D eigenvalue weighted by Crippen LogP contribution is -2.28. The van der Waals surface area contributed by atoms with Gasteiger partial charge in [0.1, 0.15) is 5.70 Å². The molecule has 0 unspecified atom stereocenters. The number of ether oxygens (including phenoxy) is 2. The molecule has 0 spiro atoms. The molecule has 0 aromatic heterocycles. The number of carbonyl (C=O) groups excluding carboxylic acids is 3. The van der Waals surface area contributed by atoms with Gasteiger partial charge >= 0.3 is 11.9 Å². The number of nitrogens with zero attached hydrogens (tertiary/aromatic N) is 1. The summed E-state index contributed by atoms with van der Waals surface area (Å²) in [5.41, 5.74) is 1.77. The van der Waals surface area contributed by atoms with Gasteiger partial charge in [-0.2, -0.15) is 0 Å². The first-order valence-electron chi connectivity index (χ1n) is 7.53. The van der Waals surface area contributed by atoms with E-state index in [1.807, 2.05) is 6.07 Å². The van der Waals surface area contributed by atoms with Gasteiger partial charge in [-0.05, 0) is 23.8 Å². The zero-order valence-electron chi connectivity index (χ0n) is 13.7. The smallest absolute Gasteiger partial charge is 0.355 e. The Hall–Kier alpha value is -3.35. The second-order valence-electron chi connectivity index (χ2n) is 5.31. The maximum atomic E-state index is 12.4. The largest absolute Gasteiger partial charge is 0.465 e. The Bertz CT molecular complexity index is 851. The van der Waals surface area contributed by atoms with E-state index in [-0.39, 0.29) is 17.2 Å². The van der Waals surface area contributed by atoms with Crippen LogP contribution in [0.3, 0.4) is 0 Å². The number of rotatable bonds is 3. The highest BCUT2D eigenvalue weighted by Gasteiger charge is 2.31. The number of methoxy groups -OCH3 is 2. The highest BCUT2D eigenvalue weighted by atomic mass is 16.5. The molecule has 1 aromatic carbocycles. The van der Waals surface area contributed by atoms with Crippen molar-refractivity contribution >= 4 is 23.5 Å². The van der Waals surface area contributed by atoms with Gasteiger partial charge in [-0.3, -0.25) is 4.79 Å². The van der Waals surface area contributed by atoms with Crippen LogP contribution in [0.25, 0.3) is 0 Å². The molecule has 7 heteroatoms. The number of hydrogen-bond acceptors (Lipinski definition) is 6. The fourth-order valence-electron chi connectivity index (χ4n) is 2.81. The Morgan fingerprint density at radius 1 is 1.12 bits per heavy atom. The highest BCUT2D eigenvalue weighted by Crippen LogP contribution is 2.32. The summed E-state index contributed by atoms with van der Waals surface area (Å²) in [5.74, 6) is -1.63. The number of esters is 2. The first kappa shape index (κ1) is 16.5. The molecule has 128 valence electrons. The summed E-state index contributed by atoms with van der Waals surface area (Å²) in [4.78, 5) is 38.3. The molecule has 0 fully saturated rings. The van der Waals surface area contributed by atoms with Crippen molar-refractivity contribution in [2.75, 3.05) is 19.1 Å². The van der Waals surface area contributed by atoms with Gasteiger partial charge in [0.2, 0.25) is 0 Å². The van der Waals surface area contributed by atoms with Gasteiger partial charge in [-0.15, -0.1) is 0 Å². The topological polar surface area (TPSA) is 84.9 Å². The third-order valence-electron chi connectivity index (χ3n) is 3.94. The van der Waals surface area contributed by atoms with Crippen molar-refractivity contribution in [1.29, 1.82) is 0 Å². The molecule has 7 nitrogen and oxygen atoms in total. The molecular weight excluding hydrogens is 324 g/mol. The van der Waals surface area contributed by atoms with Crippen molar-refractivity contribution < 1.29 is 23.9 Å². The third-order valence-corrected chi connectivity index (χ3v) is 3.94. The molecule has 2 aliphatic rings. The zero-order chi connectivity index (χ0) is 18.0. The molecule has 0 saturated heterocycles. The minimum atomic E-state index is -0.715. The Kier molecular flexibility index (Phi) is 4.38. The van der Waals surface area contributed by atoms with Crippen molar-refractivity contribution in [2.45, 2.75) is 6.54 Å². The standard InChI is InChI=1S/C18H16N2O5/c1-24-17(22)12-7-3-4-9-20(15(12)18(23)25-2)13-8-5-6-11-10-19-16(21)14(11)13/h3-9H,10H2,1-2H3,(H,19,21). The van der Waals surface area contributed by atoms with Gasteiger partial charge in [-0.1, -0.05) is 18.2 Å². The highest BCUT2D eigenvalue weighted by molar-refractivity contribution is 6.09. The van der Waals surface area contributed by atoms with E-state index in [0.29, 0.717) is 17.8 Å². The van der Waals surface area contributed by atoms with Gasteiger partial charge in [0.15, 0.2) is 0 Å². The summed E-state index contributed by atoms with van der Waals surface area (Å²) < 4.78 is 9.63. The Morgan fingerprint density at radius 3 is 2.60 bits per heavy atom. The van der Waals surface area contributed by atoms with Crippen molar-refractivity contribution in [3.8, 4) is 0 Å². The summed E-state index contributed by atoms with van der Waals surface area (Å²) >= 11 is 0. The summed E-state index contributed by atoms with van der Waals surface area (Å²) in [6.45, 7) is 0.416. The molecule has 0 bridgehead atoms. The number of hydrogen-bond donors (Lipinski definition) is 1.